The summed E-state index contributed by atoms with van der Waals surface area (Å²) in [6, 6.07) is 11.8. The third-order valence-electron chi connectivity index (χ3n) is 4.06. The van der Waals surface area contributed by atoms with Crippen molar-refractivity contribution in [2.75, 3.05) is 13.2 Å². The van der Waals surface area contributed by atoms with Gasteiger partial charge in [-0.25, -0.2) is 4.98 Å². The minimum Gasteiger partial charge on any atom is -0.484 e. The number of ether oxygens (including phenoxy) is 1. The lowest BCUT2D eigenvalue weighted by Gasteiger charge is -2.21. The van der Waals surface area contributed by atoms with Gasteiger partial charge in [0.1, 0.15) is 11.6 Å². The van der Waals surface area contributed by atoms with E-state index < -0.39 is 0 Å². The van der Waals surface area contributed by atoms with Gasteiger partial charge in [-0.05, 0) is 42.8 Å². The lowest BCUT2D eigenvalue weighted by molar-refractivity contribution is -0.134. The second-order valence-corrected chi connectivity index (χ2v) is 7.11. The molecule has 8 heteroatoms. The average molecular weight is 420 g/mol. The fourth-order valence-corrected chi connectivity index (χ4v) is 3.12. The number of rotatable bonds is 7. The van der Waals surface area contributed by atoms with Gasteiger partial charge in [0, 0.05) is 16.6 Å². The summed E-state index contributed by atoms with van der Waals surface area (Å²) in [5, 5.41) is 1.48. The van der Waals surface area contributed by atoms with Crippen molar-refractivity contribution in [2.45, 2.75) is 19.9 Å². The topological polar surface area (TPSA) is 75.3 Å². The van der Waals surface area contributed by atoms with Crippen LogP contribution in [0.4, 0.5) is 0 Å². The normalized spacial score (nSPS) is 10.8. The number of carbonyl (C=O) groups excluding carboxylic acids is 1. The lowest BCUT2D eigenvalue weighted by atomic mass is 10.2. The highest BCUT2D eigenvalue weighted by atomic mass is 35.5. The molecule has 0 aliphatic rings. The van der Waals surface area contributed by atoms with Crippen molar-refractivity contribution < 1.29 is 9.53 Å². The zero-order valence-electron chi connectivity index (χ0n) is 15.2. The van der Waals surface area contributed by atoms with Crippen LogP contribution in [0.1, 0.15) is 19.2 Å². The van der Waals surface area contributed by atoms with E-state index >= 15 is 0 Å². The molecule has 6 nitrogen and oxygen atoms in total. The summed E-state index contributed by atoms with van der Waals surface area (Å²) >= 11 is 11.9. The molecule has 1 amide bonds. The highest BCUT2D eigenvalue weighted by Gasteiger charge is 2.16. The SMILES string of the molecule is CCCN(Cc1nc2cc(Cl)ccc2c(=O)[nH]1)C(=O)COc1cccc(Cl)c1. The van der Waals surface area contributed by atoms with Crippen LogP contribution >= 0.6 is 23.2 Å². The van der Waals surface area contributed by atoms with Crippen LogP contribution < -0.4 is 10.3 Å². The monoisotopic (exact) mass is 419 g/mol. The summed E-state index contributed by atoms with van der Waals surface area (Å²) in [5.41, 5.74) is 0.223. The first kappa shape index (κ1) is 20.2. The zero-order valence-corrected chi connectivity index (χ0v) is 16.8. The standard InChI is InChI=1S/C20H19Cl2N3O3/c1-2-8-25(19(26)12-28-15-5-3-4-13(21)9-15)11-18-23-17-10-14(22)6-7-16(17)20(27)24-18/h3-7,9-10H,2,8,11-12H2,1H3,(H,23,24,27). The lowest BCUT2D eigenvalue weighted by Crippen LogP contribution is -2.36. The Kier molecular flexibility index (Phi) is 6.54. The van der Waals surface area contributed by atoms with Gasteiger partial charge in [-0.2, -0.15) is 0 Å². The van der Waals surface area contributed by atoms with E-state index in [1.807, 2.05) is 6.92 Å². The van der Waals surface area contributed by atoms with Gasteiger partial charge < -0.3 is 14.6 Å². The van der Waals surface area contributed by atoms with Gasteiger partial charge in [0.2, 0.25) is 0 Å². The summed E-state index contributed by atoms with van der Waals surface area (Å²) in [7, 11) is 0. The minimum atomic E-state index is -0.268. The van der Waals surface area contributed by atoms with Crippen molar-refractivity contribution >= 4 is 40.0 Å². The first-order chi connectivity index (χ1) is 13.5. The van der Waals surface area contributed by atoms with Crippen LogP contribution in [0, 0.1) is 0 Å². The number of fused-ring (bicyclic) bond motifs is 1. The van der Waals surface area contributed by atoms with Crippen LogP contribution in [-0.4, -0.2) is 33.9 Å². The number of halogens is 2. The third-order valence-corrected chi connectivity index (χ3v) is 4.53. The maximum atomic E-state index is 12.6. The average Bonchev–Trinajstić information content (AvgIpc) is 2.65. The molecule has 0 spiro atoms. The Morgan fingerprint density at radius 3 is 2.71 bits per heavy atom. The van der Waals surface area contributed by atoms with Crippen molar-refractivity contribution in [2.24, 2.45) is 0 Å². The van der Waals surface area contributed by atoms with E-state index in [2.05, 4.69) is 9.97 Å². The van der Waals surface area contributed by atoms with Gasteiger partial charge in [0.25, 0.3) is 11.5 Å². The van der Waals surface area contributed by atoms with Crippen LogP contribution in [0.2, 0.25) is 10.0 Å². The predicted molar refractivity (Wildman–Crippen MR) is 110 cm³/mol. The van der Waals surface area contributed by atoms with Gasteiger partial charge in [-0.15, -0.1) is 0 Å². The summed E-state index contributed by atoms with van der Waals surface area (Å²) in [6.07, 6.45) is 0.756. The predicted octanol–water partition coefficient (Wildman–Crippen LogP) is 4.05. The summed E-state index contributed by atoms with van der Waals surface area (Å²) in [5.74, 6) is 0.698. The second-order valence-electron chi connectivity index (χ2n) is 6.24. The molecule has 3 aromatic rings. The number of H-pyrrole nitrogens is 1. The number of amides is 1. The Bertz CT molecular complexity index is 1050. The maximum Gasteiger partial charge on any atom is 0.260 e. The summed E-state index contributed by atoms with van der Waals surface area (Å²) in [4.78, 5) is 33.7. The number of hydrogen-bond donors (Lipinski definition) is 1. The Morgan fingerprint density at radius 2 is 1.96 bits per heavy atom. The Morgan fingerprint density at radius 1 is 1.18 bits per heavy atom. The van der Waals surface area contributed by atoms with E-state index in [9.17, 15) is 9.59 Å². The highest BCUT2D eigenvalue weighted by molar-refractivity contribution is 6.31. The molecule has 0 radical (unpaired) electrons. The molecule has 1 heterocycles. The van der Waals surface area contributed by atoms with Gasteiger partial charge in [0.05, 0.1) is 17.4 Å². The van der Waals surface area contributed by atoms with E-state index in [0.717, 1.165) is 6.42 Å². The van der Waals surface area contributed by atoms with Crippen molar-refractivity contribution in [1.29, 1.82) is 0 Å². The fraction of sp³-hybridized carbons (Fsp3) is 0.250. The summed E-state index contributed by atoms with van der Waals surface area (Å²) in [6.45, 7) is 2.51. The van der Waals surface area contributed by atoms with Crippen LogP contribution in [0.15, 0.2) is 47.3 Å². The number of aromatic amines is 1. The molecule has 0 saturated carbocycles. The first-order valence-electron chi connectivity index (χ1n) is 8.81. The van der Waals surface area contributed by atoms with Gasteiger partial charge >= 0.3 is 0 Å². The van der Waals surface area contributed by atoms with Crippen molar-refractivity contribution in [1.82, 2.24) is 14.9 Å². The molecule has 0 atom stereocenters. The number of aromatic nitrogens is 2. The van der Waals surface area contributed by atoms with E-state index in [-0.39, 0.29) is 24.6 Å². The van der Waals surface area contributed by atoms with E-state index in [4.69, 9.17) is 27.9 Å². The molecule has 3 rings (SSSR count). The quantitative estimate of drug-likeness (QED) is 0.626. The maximum absolute atomic E-state index is 12.6. The molecular weight excluding hydrogens is 401 g/mol. The minimum absolute atomic E-state index is 0.135. The molecular formula is C20H19Cl2N3O3. The second kappa shape index (κ2) is 9.08. The number of nitrogens with zero attached hydrogens (tertiary/aromatic N) is 2. The van der Waals surface area contributed by atoms with E-state index in [0.29, 0.717) is 39.1 Å². The molecule has 1 aromatic heterocycles. The molecule has 0 fully saturated rings. The Hall–Kier alpha value is -2.57. The number of carbonyl (C=O) groups is 1. The molecule has 0 bridgehead atoms. The van der Waals surface area contributed by atoms with Gasteiger partial charge in [-0.1, -0.05) is 36.2 Å². The molecule has 0 aliphatic heterocycles. The molecule has 28 heavy (non-hydrogen) atoms. The number of hydrogen-bond acceptors (Lipinski definition) is 4. The van der Waals surface area contributed by atoms with Crippen molar-refractivity contribution in [3.63, 3.8) is 0 Å². The Balaban J connectivity index is 1.75. The van der Waals surface area contributed by atoms with Crippen molar-refractivity contribution in [3.8, 4) is 5.75 Å². The summed E-state index contributed by atoms with van der Waals surface area (Å²) < 4.78 is 5.54. The van der Waals surface area contributed by atoms with Crippen LogP contribution in [0.3, 0.4) is 0 Å². The van der Waals surface area contributed by atoms with Crippen molar-refractivity contribution in [3.05, 3.63) is 68.7 Å². The number of nitrogens with one attached hydrogen (secondary N) is 1. The van der Waals surface area contributed by atoms with Crippen LogP contribution in [0.25, 0.3) is 10.9 Å². The van der Waals surface area contributed by atoms with Gasteiger partial charge in [0.15, 0.2) is 6.61 Å². The molecule has 2 aromatic carbocycles. The largest absolute Gasteiger partial charge is 0.484 e. The van der Waals surface area contributed by atoms with Gasteiger partial charge in [-0.3, -0.25) is 9.59 Å². The first-order valence-corrected chi connectivity index (χ1v) is 9.56. The highest BCUT2D eigenvalue weighted by Crippen LogP contribution is 2.18. The molecule has 0 aliphatic carbocycles. The molecule has 146 valence electrons. The third kappa shape index (κ3) is 5.03. The Labute approximate surface area is 172 Å². The van der Waals surface area contributed by atoms with E-state index in [1.54, 1.807) is 47.4 Å². The molecule has 1 N–H and O–H groups in total. The fourth-order valence-electron chi connectivity index (χ4n) is 2.77. The molecule has 0 saturated heterocycles. The zero-order chi connectivity index (χ0) is 20.1. The number of benzene rings is 2. The van der Waals surface area contributed by atoms with Crippen LogP contribution in [0.5, 0.6) is 5.75 Å². The van der Waals surface area contributed by atoms with E-state index in [1.165, 1.54) is 0 Å². The van der Waals surface area contributed by atoms with Crippen LogP contribution in [-0.2, 0) is 11.3 Å². The molecule has 0 unspecified atom stereocenters. The smallest absolute Gasteiger partial charge is 0.260 e.